The predicted molar refractivity (Wildman–Crippen MR) is 105 cm³/mol. The van der Waals surface area contributed by atoms with Crippen LogP contribution in [0.2, 0.25) is 0 Å². The Morgan fingerprint density at radius 1 is 1.18 bits per heavy atom. The maximum Gasteiger partial charge on any atom is 0.315 e. The smallest absolute Gasteiger partial charge is 0.315 e. The molecule has 3 aromatic rings. The molecule has 144 valence electrons. The fraction of sp³-hybridized carbons (Fsp3) is 0.273. The average Bonchev–Trinajstić information content (AvgIpc) is 3.40. The maximum absolute atomic E-state index is 13.3. The molecule has 0 unspecified atom stereocenters. The highest BCUT2D eigenvalue weighted by Gasteiger charge is 2.44. The first-order chi connectivity index (χ1) is 13.6. The van der Waals surface area contributed by atoms with Gasteiger partial charge in [-0.15, -0.1) is 0 Å². The molecule has 1 fully saturated rings. The van der Waals surface area contributed by atoms with Crippen LogP contribution in [0.5, 0.6) is 0 Å². The first-order valence-electron chi connectivity index (χ1n) is 9.40. The van der Waals surface area contributed by atoms with E-state index in [1.807, 2.05) is 36.0 Å². The van der Waals surface area contributed by atoms with Crippen molar-refractivity contribution in [2.24, 2.45) is 7.05 Å². The van der Waals surface area contributed by atoms with Crippen LogP contribution in [0.1, 0.15) is 35.8 Å². The number of nitrogens with zero attached hydrogens (tertiary/aromatic N) is 2. The molecule has 1 aromatic heterocycles. The van der Waals surface area contributed by atoms with Crippen molar-refractivity contribution in [2.45, 2.75) is 24.3 Å². The van der Waals surface area contributed by atoms with Gasteiger partial charge >= 0.3 is 6.03 Å². The molecule has 5 nitrogen and oxygen atoms in total. The number of imidazole rings is 1. The Balaban J connectivity index is 1.47. The lowest BCUT2D eigenvalue weighted by molar-refractivity contribution is 0.237. The Hall–Kier alpha value is -3.15. The molecule has 28 heavy (non-hydrogen) atoms. The van der Waals surface area contributed by atoms with Crippen LogP contribution in [0.3, 0.4) is 0 Å². The van der Waals surface area contributed by atoms with Crippen molar-refractivity contribution in [3.63, 3.8) is 0 Å². The van der Waals surface area contributed by atoms with Gasteiger partial charge in [0.15, 0.2) is 0 Å². The zero-order chi connectivity index (χ0) is 19.6. The SMILES string of the molecule is Cn1ccnc1[C@@H](NC(=O)NCC1(c2ccccc2)CC1)c1ccc(F)cc1. The number of halogens is 1. The molecule has 0 radical (unpaired) electrons. The third-order valence-electron chi connectivity index (χ3n) is 5.42. The number of carbonyl (C=O) groups excluding carboxylic acids is 1. The summed E-state index contributed by atoms with van der Waals surface area (Å²) in [5, 5.41) is 6.01. The van der Waals surface area contributed by atoms with Gasteiger partial charge in [-0.25, -0.2) is 14.2 Å². The van der Waals surface area contributed by atoms with Crippen molar-refractivity contribution in [3.8, 4) is 0 Å². The van der Waals surface area contributed by atoms with E-state index in [9.17, 15) is 9.18 Å². The summed E-state index contributed by atoms with van der Waals surface area (Å²) in [7, 11) is 1.87. The van der Waals surface area contributed by atoms with Gasteiger partial charge in [-0.3, -0.25) is 0 Å². The molecule has 0 saturated heterocycles. The fourth-order valence-corrected chi connectivity index (χ4v) is 3.55. The van der Waals surface area contributed by atoms with E-state index < -0.39 is 6.04 Å². The largest absolute Gasteiger partial charge is 0.337 e. The monoisotopic (exact) mass is 378 g/mol. The molecule has 1 aliphatic carbocycles. The molecular formula is C22H23FN4O. The Kier molecular flexibility index (Phi) is 4.86. The van der Waals surface area contributed by atoms with E-state index in [-0.39, 0.29) is 17.3 Å². The maximum atomic E-state index is 13.3. The number of hydrogen-bond acceptors (Lipinski definition) is 2. The topological polar surface area (TPSA) is 59.0 Å². The van der Waals surface area contributed by atoms with Crippen molar-refractivity contribution in [3.05, 3.63) is 89.8 Å². The standard InChI is InChI=1S/C22H23FN4O/c1-27-14-13-24-20(27)19(16-7-9-18(23)10-8-16)26-21(28)25-15-22(11-12-22)17-5-3-2-4-6-17/h2-10,13-14,19H,11-12,15H2,1H3,(H2,25,26,28)/t19-/m0/s1. The molecule has 1 saturated carbocycles. The van der Waals surface area contributed by atoms with Crippen molar-refractivity contribution < 1.29 is 9.18 Å². The van der Waals surface area contributed by atoms with E-state index in [0.717, 1.165) is 18.4 Å². The third-order valence-corrected chi connectivity index (χ3v) is 5.42. The summed E-state index contributed by atoms with van der Waals surface area (Å²) in [6, 6.07) is 15.7. The van der Waals surface area contributed by atoms with Crippen LogP contribution in [-0.4, -0.2) is 22.1 Å². The lowest BCUT2D eigenvalue weighted by atomic mass is 9.96. The third kappa shape index (κ3) is 3.76. The number of benzene rings is 2. The predicted octanol–water partition coefficient (Wildman–Crippen LogP) is 3.68. The van der Waals surface area contributed by atoms with E-state index in [4.69, 9.17) is 0 Å². The molecule has 0 bridgehead atoms. The summed E-state index contributed by atoms with van der Waals surface area (Å²) in [5.74, 6) is 0.372. The second kappa shape index (κ2) is 7.46. The van der Waals surface area contributed by atoms with E-state index in [0.29, 0.717) is 12.4 Å². The summed E-state index contributed by atoms with van der Waals surface area (Å²) < 4.78 is 15.2. The van der Waals surface area contributed by atoms with Crippen molar-refractivity contribution in [1.82, 2.24) is 20.2 Å². The molecule has 1 atom stereocenters. The first kappa shape index (κ1) is 18.2. The van der Waals surface area contributed by atoms with Gasteiger partial charge in [0, 0.05) is 31.4 Å². The van der Waals surface area contributed by atoms with E-state index in [2.05, 4.69) is 27.8 Å². The Morgan fingerprint density at radius 2 is 1.89 bits per heavy atom. The zero-order valence-corrected chi connectivity index (χ0v) is 15.7. The fourth-order valence-electron chi connectivity index (χ4n) is 3.55. The molecule has 0 aliphatic heterocycles. The number of nitrogens with one attached hydrogen (secondary N) is 2. The second-order valence-electron chi connectivity index (χ2n) is 7.35. The lowest BCUT2D eigenvalue weighted by Crippen LogP contribution is -2.42. The van der Waals surface area contributed by atoms with Gasteiger partial charge in [-0.2, -0.15) is 0 Å². The van der Waals surface area contributed by atoms with Crippen LogP contribution in [0.25, 0.3) is 0 Å². The summed E-state index contributed by atoms with van der Waals surface area (Å²) in [4.78, 5) is 17.0. The zero-order valence-electron chi connectivity index (χ0n) is 15.7. The van der Waals surface area contributed by atoms with E-state index >= 15 is 0 Å². The number of urea groups is 1. The highest BCUT2D eigenvalue weighted by atomic mass is 19.1. The van der Waals surface area contributed by atoms with Gasteiger partial charge in [0.1, 0.15) is 17.7 Å². The first-order valence-corrected chi connectivity index (χ1v) is 9.40. The van der Waals surface area contributed by atoms with E-state index in [1.54, 1.807) is 18.3 Å². The van der Waals surface area contributed by atoms with Crippen molar-refractivity contribution >= 4 is 6.03 Å². The van der Waals surface area contributed by atoms with Gasteiger partial charge in [0.05, 0.1) is 0 Å². The highest BCUT2D eigenvalue weighted by Crippen LogP contribution is 2.47. The molecule has 6 heteroatoms. The number of rotatable bonds is 6. The molecule has 1 heterocycles. The second-order valence-corrected chi connectivity index (χ2v) is 7.35. The van der Waals surface area contributed by atoms with Crippen LogP contribution < -0.4 is 10.6 Å². The van der Waals surface area contributed by atoms with E-state index in [1.165, 1.54) is 17.7 Å². The van der Waals surface area contributed by atoms with Crippen LogP contribution in [0, 0.1) is 5.82 Å². The summed E-state index contributed by atoms with van der Waals surface area (Å²) >= 11 is 0. The van der Waals surface area contributed by atoms with Gasteiger partial charge in [0.25, 0.3) is 0 Å². The summed E-state index contributed by atoms with van der Waals surface area (Å²) in [6.07, 6.45) is 5.64. The van der Waals surface area contributed by atoms with Crippen LogP contribution in [0.4, 0.5) is 9.18 Å². The molecule has 0 spiro atoms. The molecule has 2 aromatic carbocycles. The lowest BCUT2D eigenvalue weighted by Gasteiger charge is -2.21. The number of hydrogen-bond donors (Lipinski definition) is 2. The molecule has 4 rings (SSSR count). The van der Waals surface area contributed by atoms with Crippen molar-refractivity contribution in [2.75, 3.05) is 6.54 Å². The van der Waals surface area contributed by atoms with Crippen LogP contribution in [0.15, 0.2) is 67.0 Å². The minimum Gasteiger partial charge on any atom is -0.337 e. The van der Waals surface area contributed by atoms with Crippen molar-refractivity contribution in [1.29, 1.82) is 0 Å². The Bertz CT molecular complexity index is 948. The minimum absolute atomic E-state index is 0.0349. The number of aryl methyl sites for hydroxylation is 1. The minimum atomic E-state index is -0.465. The Morgan fingerprint density at radius 3 is 2.50 bits per heavy atom. The van der Waals surface area contributed by atoms with Crippen LogP contribution >= 0.6 is 0 Å². The van der Waals surface area contributed by atoms with Crippen LogP contribution in [-0.2, 0) is 12.5 Å². The number of carbonyl (C=O) groups is 1. The summed E-state index contributed by atoms with van der Waals surface area (Å²) in [5.41, 5.74) is 2.07. The summed E-state index contributed by atoms with van der Waals surface area (Å²) in [6.45, 7) is 0.583. The van der Waals surface area contributed by atoms with Gasteiger partial charge < -0.3 is 15.2 Å². The van der Waals surface area contributed by atoms with Gasteiger partial charge in [0.2, 0.25) is 0 Å². The van der Waals surface area contributed by atoms with Gasteiger partial charge in [-0.05, 0) is 36.1 Å². The molecule has 2 N–H and O–H groups in total. The number of amides is 2. The average molecular weight is 378 g/mol. The quantitative estimate of drug-likeness (QED) is 0.687. The molecule has 1 aliphatic rings. The molecule has 2 amide bonds. The Labute approximate surface area is 163 Å². The number of aromatic nitrogens is 2. The van der Waals surface area contributed by atoms with Gasteiger partial charge in [-0.1, -0.05) is 42.5 Å². The normalized spacial score (nSPS) is 15.6. The highest BCUT2D eigenvalue weighted by molar-refractivity contribution is 5.75. The molecular weight excluding hydrogens is 355 g/mol.